The summed E-state index contributed by atoms with van der Waals surface area (Å²) in [4.78, 5) is 26.9. The number of carbonyl (C=O) groups excluding carboxylic acids is 1. The van der Waals surface area contributed by atoms with Crippen molar-refractivity contribution in [3.05, 3.63) is 0 Å². The van der Waals surface area contributed by atoms with Gasteiger partial charge in [-0.2, -0.15) is 0 Å². The highest BCUT2D eigenvalue weighted by Gasteiger charge is 2.27. The zero-order valence-corrected chi connectivity index (χ0v) is 13.8. The van der Waals surface area contributed by atoms with Crippen LogP contribution in [0.3, 0.4) is 0 Å². The minimum Gasteiger partial charge on any atom is -0.481 e. The number of carboxylic acid groups (broad SMARTS) is 1. The molecule has 0 saturated heterocycles. The molecule has 0 aromatic heterocycles. The van der Waals surface area contributed by atoms with Crippen molar-refractivity contribution in [3.8, 4) is 0 Å². The van der Waals surface area contributed by atoms with Gasteiger partial charge in [0.15, 0.2) is 0 Å². The van der Waals surface area contributed by atoms with Gasteiger partial charge in [0.05, 0.1) is 0 Å². The van der Waals surface area contributed by atoms with E-state index in [9.17, 15) is 9.59 Å². The van der Waals surface area contributed by atoms with E-state index < -0.39 is 11.4 Å². The lowest BCUT2D eigenvalue weighted by molar-refractivity contribution is -0.141. The molecule has 5 nitrogen and oxygen atoms in total. The molecular weight excluding hydrogens is 256 g/mol. The highest BCUT2D eigenvalue weighted by Crippen LogP contribution is 2.18. The summed E-state index contributed by atoms with van der Waals surface area (Å²) >= 11 is 0. The number of carbonyl (C=O) groups is 2. The zero-order chi connectivity index (χ0) is 15.9. The summed E-state index contributed by atoms with van der Waals surface area (Å²) in [5.41, 5.74) is -0.431. The Morgan fingerprint density at radius 1 is 1.10 bits per heavy atom. The number of hydrogen-bond acceptors (Lipinski definition) is 3. The molecule has 0 aromatic carbocycles. The van der Waals surface area contributed by atoms with Gasteiger partial charge in [-0.15, -0.1) is 0 Å². The van der Waals surface area contributed by atoms with Crippen molar-refractivity contribution in [3.63, 3.8) is 0 Å². The molecule has 0 aliphatic heterocycles. The lowest BCUT2D eigenvalue weighted by atomic mass is 9.94. The third kappa shape index (κ3) is 7.48. The lowest BCUT2D eigenvalue weighted by Crippen LogP contribution is -2.44. The van der Waals surface area contributed by atoms with Crippen molar-refractivity contribution in [2.75, 3.05) is 26.7 Å². The fraction of sp³-hybridized carbons (Fsp3) is 0.867. The fourth-order valence-electron chi connectivity index (χ4n) is 1.75. The van der Waals surface area contributed by atoms with E-state index in [4.69, 9.17) is 5.11 Å². The third-order valence-electron chi connectivity index (χ3n) is 3.35. The normalized spacial score (nSPS) is 12.0. The molecule has 0 aromatic rings. The molecule has 20 heavy (non-hydrogen) atoms. The topological polar surface area (TPSA) is 60.9 Å². The standard InChI is InChI=1S/C15H30N2O3/c1-12(2)16(6)10-11-17(9-7-8-13(18)19)14(20)15(3,4)5/h12H,7-11H2,1-6H3,(H,18,19). The minimum absolute atomic E-state index is 0.0834. The molecule has 0 bridgehead atoms. The molecule has 0 saturated carbocycles. The molecule has 0 radical (unpaired) electrons. The predicted octanol–water partition coefficient (Wildman–Crippen LogP) is 2.07. The fourth-order valence-corrected chi connectivity index (χ4v) is 1.75. The van der Waals surface area contributed by atoms with Crippen molar-refractivity contribution in [2.45, 2.75) is 53.5 Å². The number of aliphatic carboxylic acids is 1. The van der Waals surface area contributed by atoms with Crippen LogP contribution >= 0.6 is 0 Å². The minimum atomic E-state index is -0.813. The maximum absolute atomic E-state index is 12.4. The summed E-state index contributed by atoms with van der Waals surface area (Å²) in [6.45, 7) is 11.9. The molecule has 0 spiro atoms. The third-order valence-corrected chi connectivity index (χ3v) is 3.35. The maximum Gasteiger partial charge on any atom is 0.303 e. The van der Waals surface area contributed by atoms with Gasteiger partial charge in [0, 0.05) is 37.5 Å². The van der Waals surface area contributed by atoms with E-state index >= 15 is 0 Å². The number of nitrogens with zero attached hydrogens (tertiary/aromatic N) is 2. The average molecular weight is 286 g/mol. The molecule has 0 aliphatic rings. The van der Waals surface area contributed by atoms with Crippen molar-refractivity contribution < 1.29 is 14.7 Å². The Labute approximate surface area is 122 Å². The van der Waals surface area contributed by atoms with Crippen LogP contribution in [0.4, 0.5) is 0 Å². The second kappa shape index (κ2) is 8.25. The summed E-state index contributed by atoms with van der Waals surface area (Å²) in [6.07, 6.45) is 0.608. The Balaban J connectivity index is 4.54. The monoisotopic (exact) mass is 286 g/mol. The summed E-state index contributed by atoms with van der Waals surface area (Å²) in [6, 6.07) is 0.431. The first kappa shape index (κ1) is 18.9. The molecule has 1 amide bonds. The smallest absolute Gasteiger partial charge is 0.303 e. The van der Waals surface area contributed by atoms with Crippen LogP contribution in [0.15, 0.2) is 0 Å². The molecular formula is C15H30N2O3. The van der Waals surface area contributed by atoms with Crippen LogP contribution in [0.2, 0.25) is 0 Å². The van der Waals surface area contributed by atoms with Gasteiger partial charge >= 0.3 is 5.97 Å². The largest absolute Gasteiger partial charge is 0.481 e. The molecule has 5 heteroatoms. The van der Waals surface area contributed by atoms with E-state index in [2.05, 4.69) is 18.7 Å². The van der Waals surface area contributed by atoms with Crippen LogP contribution in [0.1, 0.15) is 47.5 Å². The number of likely N-dealkylation sites (N-methyl/N-ethyl adjacent to an activating group) is 1. The average Bonchev–Trinajstić information content (AvgIpc) is 2.30. The van der Waals surface area contributed by atoms with E-state index in [0.717, 1.165) is 6.54 Å². The summed E-state index contributed by atoms with van der Waals surface area (Å²) < 4.78 is 0. The van der Waals surface area contributed by atoms with Crippen LogP contribution in [0, 0.1) is 5.41 Å². The van der Waals surface area contributed by atoms with Gasteiger partial charge in [-0.3, -0.25) is 9.59 Å². The Kier molecular flexibility index (Phi) is 7.79. The molecule has 0 heterocycles. The second-order valence-electron chi connectivity index (χ2n) is 6.61. The summed E-state index contributed by atoms with van der Waals surface area (Å²) in [5, 5.41) is 8.70. The van der Waals surface area contributed by atoms with Crippen molar-refractivity contribution in [1.82, 2.24) is 9.80 Å². The molecule has 0 atom stereocenters. The van der Waals surface area contributed by atoms with Crippen molar-refractivity contribution in [1.29, 1.82) is 0 Å². The van der Waals surface area contributed by atoms with Crippen LogP contribution in [-0.4, -0.2) is 59.5 Å². The number of amides is 1. The highest BCUT2D eigenvalue weighted by atomic mass is 16.4. The van der Waals surface area contributed by atoms with E-state index in [1.54, 1.807) is 4.90 Å². The SMILES string of the molecule is CC(C)N(C)CCN(CCCC(=O)O)C(=O)C(C)(C)C. The van der Waals surface area contributed by atoms with Crippen molar-refractivity contribution >= 4 is 11.9 Å². The lowest BCUT2D eigenvalue weighted by Gasteiger charge is -2.32. The van der Waals surface area contributed by atoms with Crippen LogP contribution < -0.4 is 0 Å². The molecule has 1 N–H and O–H groups in total. The van der Waals surface area contributed by atoms with Crippen LogP contribution in [0.25, 0.3) is 0 Å². The Morgan fingerprint density at radius 2 is 1.65 bits per heavy atom. The van der Waals surface area contributed by atoms with Gasteiger partial charge < -0.3 is 14.9 Å². The first-order valence-electron chi connectivity index (χ1n) is 7.27. The molecule has 0 fully saturated rings. The van der Waals surface area contributed by atoms with E-state index in [1.807, 2.05) is 27.8 Å². The highest BCUT2D eigenvalue weighted by molar-refractivity contribution is 5.81. The Morgan fingerprint density at radius 3 is 2.05 bits per heavy atom. The Hall–Kier alpha value is -1.10. The quantitative estimate of drug-likeness (QED) is 0.742. The first-order valence-corrected chi connectivity index (χ1v) is 7.27. The van der Waals surface area contributed by atoms with Gasteiger partial charge in [-0.1, -0.05) is 20.8 Å². The second-order valence-corrected chi connectivity index (χ2v) is 6.61. The predicted molar refractivity (Wildman–Crippen MR) is 80.7 cm³/mol. The first-order chi connectivity index (χ1) is 9.05. The number of carboxylic acids is 1. The van der Waals surface area contributed by atoms with Gasteiger partial charge in [0.1, 0.15) is 0 Å². The summed E-state index contributed by atoms with van der Waals surface area (Å²) in [7, 11) is 2.03. The van der Waals surface area contributed by atoms with Gasteiger partial charge in [0.25, 0.3) is 0 Å². The molecule has 0 aliphatic carbocycles. The molecule has 118 valence electrons. The van der Waals surface area contributed by atoms with Crippen LogP contribution in [-0.2, 0) is 9.59 Å². The van der Waals surface area contributed by atoms with E-state index in [1.165, 1.54) is 0 Å². The number of rotatable bonds is 8. The zero-order valence-electron chi connectivity index (χ0n) is 13.8. The Bertz CT molecular complexity index is 322. The molecule has 0 unspecified atom stereocenters. The van der Waals surface area contributed by atoms with Crippen LogP contribution in [0.5, 0.6) is 0 Å². The number of hydrogen-bond donors (Lipinski definition) is 1. The summed E-state index contributed by atoms with van der Waals surface area (Å²) in [5.74, 6) is -0.729. The van der Waals surface area contributed by atoms with Gasteiger partial charge in [-0.25, -0.2) is 0 Å². The van der Waals surface area contributed by atoms with Crippen molar-refractivity contribution in [2.24, 2.45) is 5.41 Å². The van der Waals surface area contributed by atoms with E-state index in [-0.39, 0.29) is 12.3 Å². The van der Waals surface area contributed by atoms with Gasteiger partial charge in [-0.05, 0) is 27.3 Å². The maximum atomic E-state index is 12.4. The van der Waals surface area contributed by atoms with Gasteiger partial charge in [0.2, 0.25) is 5.91 Å². The molecule has 0 rings (SSSR count). The van der Waals surface area contributed by atoms with E-state index in [0.29, 0.717) is 25.6 Å².